The third kappa shape index (κ3) is 12.1. The summed E-state index contributed by atoms with van der Waals surface area (Å²) in [4.78, 5) is 36.0. The van der Waals surface area contributed by atoms with Gasteiger partial charge in [0.15, 0.2) is 0 Å². The third-order valence-corrected chi connectivity index (χ3v) is 6.88. The van der Waals surface area contributed by atoms with E-state index in [0.717, 1.165) is 37.9 Å². The Labute approximate surface area is 226 Å². The molecule has 0 bridgehead atoms. The predicted molar refractivity (Wildman–Crippen MR) is 146 cm³/mol. The van der Waals surface area contributed by atoms with Crippen LogP contribution < -0.4 is 26.4 Å². The fourth-order valence-corrected chi connectivity index (χ4v) is 4.24. The summed E-state index contributed by atoms with van der Waals surface area (Å²) in [5, 5.41) is 17.2. The molecule has 214 valence electrons. The van der Waals surface area contributed by atoms with Crippen LogP contribution in [0.25, 0.3) is 0 Å². The predicted octanol–water partition coefficient (Wildman–Crippen LogP) is 2.84. The summed E-state index contributed by atoms with van der Waals surface area (Å²) < 4.78 is 11.5. The summed E-state index contributed by atoms with van der Waals surface area (Å²) in [5.41, 5.74) is 7.05. The maximum Gasteiger partial charge on any atom is 0.326 e. The van der Waals surface area contributed by atoms with E-state index in [2.05, 4.69) is 35.0 Å². The molecule has 3 amide bonds. The van der Waals surface area contributed by atoms with E-state index in [9.17, 15) is 19.5 Å². The zero-order chi connectivity index (χ0) is 27.9. The van der Waals surface area contributed by atoms with Crippen LogP contribution in [0.3, 0.4) is 0 Å². The third-order valence-electron chi connectivity index (χ3n) is 6.88. The molecule has 10 nitrogen and oxygen atoms in total. The van der Waals surface area contributed by atoms with Crippen molar-refractivity contribution in [3.05, 3.63) is 29.8 Å². The second-order valence-corrected chi connectivity index (χ2v) is 10.4. The molecule has 1 aromatic rings. The molecular weight excluding hydrogens is 488 g/mol. The Balaban J connectivity index is 1.58. The van der Waals surface area contributed by atoms with Crippen molar-refractivity contribution in [2.75, 3.05) is 26.4 Å². The van der Waals surface area contributed by atoms with Crippen LogP contribution in [0.4, 0.5) is 4.79 Å². The molecule has 38 heavy (non-hydrogen) atoms. The Kier molecular flexibility index (Phi) is 13.9. The molecule has 2 rings (SSSR count). The number of hydrogen-bond acceptors (Lipinski definition) is 6. The van der Waals surface area contributed by atoms with Crippen molar-refractivity contribution in [1.29, 1.82) is 0 Å². The summed E-state index contributed by atoms with van der Waals surface area (Å²) >= 11 is 0. The van der Waals surface area contributed by atoms with Crippen molar-refractivity contribution in [2.45, 2.75) is 83.8 Å². The SMILES string of the molecule is CCc1ccc(OCCCCOC[C@@H](NC(=O)CNC(=O)NC(CC[C@H]2C[C@H](N)C2)C(=O)O)C(C)C)cc1. The van der Waals surface area contributed by atoms with Gasteiger partial charge in [-0.2, -0.15) is 0 Å². The van der Waals surface area contributed by atoms with Gasteiger partial charge in [-0.3, -0.25) is 4.79 Å². The second-order valence-electron chi connectivity index (χ2n) is 10.4. The molecule has 1 aliphatic rings. The minimum absolute atomic E-state index is 0.137. The van der Waals surface area contributed by atoms with E-state index in [1.54, 1.807) is 0 Å². The topological polar surface area (TPSA) is 152 Å². The Morgan fingerprint density at radius 1 is 1.08 bits per heavy atom. The van der Waals surface area contributed by atoms with E-state index in [1.807, 2.05) is 26.0 Å². The molecule has 0 spiro atoms. The molecule has 1 unspecified atom stereocenters. The number of carboxylic acid groups (broad SMARTS) is 1. The van der Waals surface area contributed by atoms with Gasteiger partial charge in [-0.1, -0.05) is 32.9 Å². The van der Waals surface area contributed by atoms with Crippen LogP contribution in [0.15, 0.2) is 24.3 Å². The van der Waals surface area contributed by atoms with Crippen LogP contribution in [0.2, 0.25) is 0 Å². The standard InChI is InChI=1S/C28H46N4O6/c1-4-20-7-10-23(11-8-20)38-14-6-5-13-37-18-25(19(2)3)31-26(33)17-30-28(36)32-24(27(34)35)12-9-21-15-22(29)16-21/h7-8,10-11,19,21-22,24-25H,4-6,9,12-18,29H2,1-3H3,(H,31,33)(H,34,35)(H2,30,32,36)/t21-,22-,24?,25-/m1/s1. The van der Waals surface area contributed by atoms with E-state index in [-0.39, 0.29) is 30.5 Å². The summed E-state index contributed by atoms with van der Waals surface area (Å²) in [6.07, 6.45) is 5.51. The molecule has 0 aromatic heterocycles. The fraction of sp³-hybridized carbons (Fsp3) is 0.679. The van der Waals surface area contributed by atoms with Crippen molar-refractivity contribution < 1.29 is 29.0 Å². The number of rotatable bonds is 18. The summed E-state index contributed by atoms with van der Waals surface area (Å²) in [6, 6.07) is 6.43. The molecule has 0 radical (unpaired) electrons. The number of carbonyl (C=O) groups excluding carboxylic acids is 2. The van der Waals surface area contributed by atoms with Crippen LogP contribution in [-0.4, -0.2) is 67.5 Å². The highest BCUT2D eigenvalue weighted by Crippen LogP contribution is 2.30. The van der Waals surface area contributed by atoms with Gasteiger partial charge in [0.1, 0.15) is 11.8 Å². The first-order chi connectivity index (χ1) is 18.2. The van der Waals surface area contributed by atoms with Crippen LogP contribution >= 0.6 is 0 Å². The molecule has 0 aliphatic heterocycles. The van der Waals surface area contributed by atoms with Crippen molar-refractivity contribution in [3.63, 3.8) is 0 Å². The Morgan fingerprint density at radius 3 is 2.37 bits per heavy atom. The van der Waals surface area contributed by atoms with Gasteiger partial charge >= 0.3 is 12.0 Å². The van der Waals surface area contributed by atoms with Gasteiger partial charge in [0, 0.05) is 12.6 Å². The maximum atomic E-state index is 12.4. The number of aryl methyl sites for hydroxylation is 1. The number of ether oxygens (including phenoxy) is 2. The number of unbranched alkanes of at least 4 members (excludes halogenated alkanes) is 1. The summed E-state index contributed by atoms with van der Waals surface area (Å²) in [5.74, 6) is -0.0410. The molecular formula is C28H46N4O6. The van der Waals surface area contributed by atoms with Crippen molar-refractivity contribution >= 4 is 17.9 Å². The number of urea groups is 1. The maximum absolute atomic E-state index is 12.4. The normalized spacial score (nSPS) is 18.2. The number of amides is 3. The highest BCUT2D eigenvalue weighted by Gasteiger charge is 2.28. The molecule has 1 aliphatic carbocycles. The van der Waals surface area contributed by atoms with Gasteiger partial charge in [-0.05, 0) is 74.5 Å². The van der Waals surface area contributed by atoms with E-state index >= 15 is 0 Å². The second kappa shape index (κ2) is 16.9. The quantitative estimate of drug-likeness (QED) is 0.182. The van der Waals surface area contributed by atoms with E-state index in [4.69, 9.17) is 15.2 Å². The summed E-state index contributed by atoms with van der Waals surface area (Å²) in [6.45, 7) is 7.37. The molecule has 2 atom stereocenters. The number of nitrogens with one attached hydrogen (secondary N) is 3. The lowest BCUT2D eigenvalue weighted by molar-refractivity contribution is -0.139. The zero-order valence-electron chi connectivity index (χ0n) is 23.0. The molecule has 1 saturated carbocycles. The molecule has 1 fully saturated rings. The van der Waals surface area contributed by atoms with Crippen LogP contribution in [0.5, 0.6) is 5.75 Å². The number of carbonyl (C=O) groups is 3. The number of hydrogen-bond donors (Lipinski definition) is 5. The highest BCUT2D eigenvalue weighted by atomic mass is 16.5. The average Bonchev–Trinajstić information content (AvgIpc) is 2.87. The first-order valence-electron chi connectivity index (χ1n) is 13.8. The Bertz CT molecular complexity index is 857. The van der Waals surface area contributed by atoms with Gasteiger partial charge in [0.2, 0.25) is 5.91 Å². The van der Waals surface area contributed by atoms with Crippen molar-refractivity contribution in [1.82, 2.24) is 16.0 Å². The monoisotopic (exact) mass is 534 g/mol. The number of benzene rings is 1. The van der Waals surface area contributed by atoms with Gasteiger partial charge < -0.3 is 36.3 Å². The van der Waals surface area contributed by atoms with Crippen LogP contribution in [0.1, 0.15) is 64.9 Å². The smallest absolute Gasteiger partial charge is 0.326 e. The number of nitrogens with two attached hydrogens (primary N) is 1. The Hall–Kier alpha value is -2.85. The minimum Gasteiger partial charge on any atom is -0.494 e. The first-order valence-corrected chi connectivity index (χ1v) is 13.8. The lowest BCUT2D eigenvalue weighted by atomic mass is 9.77. The average molecular weight is 535 g/mol. The van der Waals surface area contributed by atoms with E-state index in [1.165, 1.54) is 5.56 Å². The zero-order valence-corrected chi connectivity index (χ0v) is 23.0. The van der Waals surface area contributed by atoms with Crippen LogP contribution in [0, 0.1) is 11.8 Å². The highest BCUT2D eigenvalue weighted by molar-refractivity contribution is 5.86. The van der Waals surface area contributed by atoms with Crippen molar-refractivity contribution in [2.24, 2.45) is 17.6 Å². The molecule has 6 N–H and O–H groups in total. The van der Waals surface area contributed by atoms with Crippen LogP contribution in [-0.2, 0) is 20.7 Å². The summed E-state index contributed by atoms with van der Waals surface area (Å²) in [7, 11) is 0. The molecule has 1 aromatic carbocycles. The lowest BCUT2D eigenvalue weighted by Gasteiger charge is -2.33. The molecule has 0 saturated heterocycles. The minimum atomic E-state index is -1.09. The molecule has 10 heteroatoms. The molecule has 0 heterocycles. The van der Waals surface area contributed by atoms with Gasteiger partial charge in [0.25, 0.3) is 0 Å². The fourth-order valence-electron chi connectivity index (χ4n) is 4.24. The number of aliphatic carboxylic acids is 1. The van der Waals surface area contributed by atoms with E-state index in [0.29, 0.717) is 38.6 Å². The largest absolute Gasteiger partial charge is 0.494 e. The van der Waals surface area contributed by atoms with E-state index < -0.39 is 18.0 Å². The Morgan fingerprint density at radius 2 is 1.76 bits per heavy atom. The van der Waals surface area contributed by atoms with Crippen molar-refractivity contribution in [3.8, 4) is 5.75 Å². The number of carboxylic acids is 1. The lowest BCUT2D eigenvalue weighted by Crippen LogP contribution is -2.50. The van der Waals surface area contributed by atoms with Gasteiger partial charge in [-0.15, -0.1) is 0 Å². The van der Waals surface area contributed by atoms with Gasteiger partial charge in [0.05, 0.1) is 25.8 Å². The first kappa shape index (κ1) is 31.4. The van der Waals surface area contributed by atoms with Gasteiger partial charge in [-0.25, -0.2) is 9.59 Å².